The number of carbonyl (C=O) groups is 2. The third kappa shape index (κ3) is 4.38. The zero-order valence-electron chi connectivity index (χ0n) is 16.2. The summed E-state index contributed by atoms with van der Waals surface area (Å²) in [5.74, 6) is 0.270. The molecule has 0 spiro atoms. The molecule has 1 aliphatic heterocycles. The van der Waals surface area contributed by atoms with Crippen LogP contribution in [0.4, 0.5) is 5.69 Å². The Bertz CT molecular complexity index is 825. The molecule has 1 atom stereocenters. The quantitative estimate of drug-likeness (QED) is 0.796. The summed E-state index contributed by atoms with van der Waals surface area (Å²) in [5.41, 5.74) is 2.01. The Hall–Kier alpha value is -1.79. The molecule has 1 aliphatic rings. The van der Waals surface area contributed by atoms with Gasteiger partial charge in [-0.3, -0.25) is 14.5 Å². The topological polar surface area (TPSA) is 49.4 Å². The molecule has 1 unspecified atom stereocenters. The van der Waals surface area contributed by atoms with Crippen molar-refractivity contribution in [2.75, 3.05) is 10.7 Å². The van der Waals surface area contributed by atoms with Crippen molar-refractivity contribution in [3.8, 4) is 0 Å². The molecule has 27 heavy (non-hydrogen) atoms. The highest BCUT2D eigenvalue weighted by molar-refractivity contribution is 8.00. The Morgan fingerprint density at radius 3 is 2.70 bits per heavy atom. The zero-order valence-corrected chi connectivity index (χ0v) is 17.9. The van der Waals surface area contributed by atoms with Crippen molar-refractivity contribution >= 4 is 40.6 Å². The summed E-state index contributed by atoms with van der Waals surface area (Å²) in [5, 5.41) is 4.99. The van der Waals surface area contributed by atoms with E-state index in [0.717, 1.165) is 21.0 Å². The predicted molar refractivity (Wildman–Crippen MR) is 114 cm³/mol. The maximum absolute atomic E-state index is 12.9. The van der Waals surface area contributed by atoms with Crippen LogP contribution in [-0.2, 0) is 21.5 Å². The van der Waals surface area contributed by atoms with Gasteiger partial charge in [-0.15, -0.1) is 23.1 Å². The van der Waals surface area contributed by atoms with Crippen LogP contribution in [0.15, 0.2) is 40.6 Å². The zero-order chi connectivity index (χ0) is 19.6. The summed E-state index contributed by atoms with van der Waals surface area (Å²) < 4.78 is 0. The Balaban J connectivity index is 1.89. The van der Waals surface area contributed by atoms with E-state index in [4.69, 9.17) is 0 Å². The molecule has 0 bridgehead atoms. The highest BCUT2D eigenvalue weighted by Gasteiger charge is 2.34. The monoisotopic (exact) mass is 402 g/mol. The Morgan fingerprint density at radius 1 is 1.30 bits per heavy atom. The lowest BCUT2D eigenvalue weighted by molar-refractivity contribution is -0.125. The molecule has 6 heteroatoms. The van der Waals surface area contributed by atoms with Crippen LogP contribution < -0.4 is 10.2 Å². The first-order chi connectivity index (χ1) is 12.8. The molecular formula is C21H26N2O2S2. The summed E-state index contributed by atoms with van der Waals surface area (Å²) >= 11 is 3.16. The van der Waals surface area contributed by atoms with Crippen molar-refractivity contribution in [3.63, 3.8) is 0 Å². The number of thioether (sulfide) groups is 1. The molecule has 2 aromatic rings. The van der Waals surface area contributed by atoms with E-state index in [0.29, 0.717) is 18.7 Å². The predicted octanol–water partition coefficient (Wildman–Crippen LogP) is 4.58. The van der Waals surface area contributed by atoms with Crippen molar-refractivity contribution in [1.29, 1.82) is 0 Å². The molecule has 0 saturated carbocycles. The van der Waals surface area contributed by atoms with Gasteiger partial charge in [0.1, 0.15) is 6.04 Å². The lowest BCUT2D eigenvalue weighted by Crippen LogP contribution is -2.51. The summed E-state index contributed by atoms with van der Waals surface area (Å²) in [6.07, 6.45) is 0.575. The van der Waals surface area contributed by atoms with E-state index in [9.17, 15) is 9.59 Å². The minimum atomic E-state index is -0.493. The fourth-order valence-electron chi connectivity index (χ4n) is 3.17. The van der Waals surface area contributed by atoms with E-state index in [1.807, 2.05) is 24.4 Å². The van der Waals surface area contributed by atoms with E-state index in [1.54, 1.807) is 28.0 Å². The van der Waals surface area contributed by atoms with E-state index >= 15 is 0 Å². The van der Waals surface area contributed by atoms with Crippen LogP contribution in [0.3, 0.4) is 0 Å². The number of nitrogens with one attached hydrogen (secondary N) is 1. The van der Waals surface area contributed by atoms with Gasteiger partial charge in [-0.2, -0.15) is 0 Å². The first kappa shape index (κ1) is 20.0. The molecule has 2 heterocycles. The van der Waals surface area contributed by atoms with Gasteiger partial charge in [-0.1, -0.05) is 39.8 Å². The Labute approximate surface area is 169 Å². The van der Waals surface area contributed by atoms with Crippen molar-refractivity contribution in [2.24, 2.45) is 0 Å². The van der Waals surface area contributed by atoms with Crippen LogP contribution in [0.2, 0.25) is 0 Å². The highest BCUT2D eigenvalue weighted by Crippen LogP contribution is 2.39. The van der Waals surface area contributed by atoms with Crippen LogP contribution in [0.1, 0.15) is 44.6 Å². The lowest BCUT2D eigenvalue weighted by atomic mass is 9.86. The molecule has 4 nitrogen and oxygen atoms in total. The number of benzene rings is 1. The molecule has 0 aliphatic carbocycles. The number of thiophene rings is 1. The molecule has 144 valence electrons. The molecular weight excluding hydrogens is 376 g/mol. The third-order valence-electron chi connectivity index (χ3n) is 4.72. The largest absolute Gasteiger partial charge is 0.349 e. The second kappa shape index (κ2) is 8.07. The van der Waals surface area contributed by atoms with Gasteiger partial charge in [0.2, 0.25) is 11.8 Å². The van der Waals surface area contributed by atoms with Crippen LogP contribution in [0, 0.1) is 0 Å². The second-order valence-corrected chi connectivity index (χ2v) is 9.76. The van der Waals surface area contributed by atoms with E-state index in [-0.39, 0.29) is 17.2 Å². The van der Waals surface area contributed by atoms with Crippen LogP contribution in [-0.4, -0.2) is 23.6 Å². The SMILES string of the molecule is CCC(C(=O)NCc1cccs1)N1C(=O)CSc2ccc(C(C)(C)C)cc21. The number of fused-ring (bicyclic) bond motifs is 1. The summed E-state index contributed by atoms with van der Waals surface area (Å²) in [7, 11) is 0. The fraction of sp³-hybridized carbons (Fsp3) is 0.429. The van der Waals surface area contributed by atoms with E-state index in [1.165, 1.54) is 0 Å². The molecule has 1 aromatic heterocycles. The van der Waals surface area contributed by atoms with Crippen molar-refractivity contribution in [1.82, 2.24) is 5.32 Å². The minimum absolute atomic E-state index is 0.00307. The van der Waals surface area contributed by atoms with Gasteiger partial charge in [0, 0.05) is 9.77 Å². The van der Waals surface area contributed by atoms with E-state index < -0.39 is 6.04 Å². The molecule has 0 saturated heterocycles. The first-order valence-electron chi connectivity index (χ1n) is 9.20. The molecule has 0 radical (unpaired) electrons. The lowest BCUT2D eigenvalue weighted by Gasteiger charge is -2.35. The van der Waals surface area contributed by atoms with Gasteiger partial charge < -0.3 is 5.32 Å². The smallest absolute Gasteiger partial charge is 0.243 e. The molecule has 0 fully saturated rings. The van der Waals surface area contributed by atoms with Crippen LogP contribution >= 0.6 is 23.1 Å². The second-order valence-electron chi connectivity index (χ2n) is 7.71. The maximum Gasteiger partial charge on any atom is 0.243 e. The van der Waals surface area contributed by atoms with Gasteiger partial charge in [-0.05, 0) is 41.0 Å². The standard InChI is InChI=1S/C21H26N2O2S2/c1-5-16(20(25)22-12-15-7-6-10-26-15)23-17-11-14(21(2,3)4)8-9-18(17)27-13-19(23)24/h6-11,16H,5,12-13H2,1-4H3,(H,22,25). The number of hydrogen-bond donors (Lipinski definition) is 1. The van der Waals surface area contributed by atoms with Crippen LogP contribution in [0.25, 0.3) is 0 Å². The molecule has 3 rings (SSSR count). The number of amides is 2. The average molecular weight is 403 g/mol. The Kier molecular flexibility index (Phi) is 5.96. The fourth-order valence-corrected chi connectivity index (χ4v) is 4.70. The van der Waals surface area contributed by atoms with Gasteiger partial charge in [0.25, 0.3) is 0 Å². The average Bonchev–Trinajstić information content (AvgIpc) is 3.14. The maximum atomic E-state index is 12.9. The van der Waals surface area contributed by atoms with Crippen LogP contribution in [0.5, 0.6) is 0 Å². The third-order valence-corrected chi connectivity index (χ3v) is 6.65. The van der Waals surface area contributed by atoms with Gasteiger partial charge in [0.05, 0.1) is 18.0 Å². The van der Waals surface area contributed by atoms with Crippen molar-refractivity contribution < 1.29 is 9.59 Å². The molecule has 1 N–H and O–H groups in total. The normalized spacial score (nSPS) is 15.4. The van der Waals surface area contributed by atoms with Crippen molar-refractivity contribution in [2.45, 2.75) is 57.0 Å². The summed E-state index contributed by atoms with van der Waals surface area (Å²) in [4.78, 5) is 29.6. The van der Waals surface area contributed by atoms with Gasteiger partial charge in [0.15, 0.2) is 0 Å². The first-order valence-corrected chi connectivity index (χ1v) is 11.1. The van der Waals surface area contributed by atoms with Crippen molar-refractivity contribution in [3.05, 3.63) is 46.2 Å². The number of nitrogens with zero attached hydrogens (tertiary/aromatic N) is 1. The number of anilines is 1. The van der Waals surface area contributed by atoms with E-state index in [2.05, 4.69) is 44.3 Å². The van der Waals surface area contributed by atoms with Gasteiger partial charge in [-0.25, -0.2) is 0 Å². The summed E-state index contributed by atoms with van der Waals surface area (Å²) in [6.45, 7) is 8.92. The molecule has 2 amide bonds. The summed E-state index contributed by atoms with van der Waals surface area (Å²) in [6, 6.07) is 9.76. The van der Waals surface area contributed by atoms with Gasteiger partial charge >= 0.3 is 0 Å². The minimum Gasteiger partial charge on any atom is -0.349 e. The number of rotatable bonds is 5. The molecule has 1 aromatic carbocycles. The number of hydrogen-bond acceptors (Lipinski definition) is 4. The Morgan fingerprint density at radius 2 is 2.07 bits per heavy atom. The highest BCUT2D eigenvalue weighted by atomic mass is 32.2. The number of carbonyl (C=O) groups excluding carboxylic acids is 2.